The lowest BCUT2D eigenvalue weighted by atomic mass is 9.96. The predicted octanol–water partition coefficient (Wildman–Crippen LogP) is 0.518. The van der Waals surface area contributed by atoms with Crippen molar-refractivity contribution in [3.05, 3.63) is 54.2 Å². The topological polar surface area (TPSA) is 195 Å². The Morgan fingerprint density at radius 1 is 1.03 bits per heavy atom. The Kier molecular flexibility index (Phi) is 10.5. The van der Waals surface area contributed by atoms with Gasteiger partial charge in [0.15, 0.2) is 0 Å². The van der Waals surface area contributed by atoms with Crippen molar-refractivity contribution in [3.8, 4) is 0 Å². The van der Waals surface area contributed by atoms with Gasteiger partial charge in [-0.1, -0.05) is 38.5 Å². The van der Waals surface area contributed by atoms with Gasteiger partial charge in [-0.2, -0.15) is 12.6 Å². The van der Waals surface area contributed by atoms with Gasteiger partial charge in [-0.15, -0.1) is 0 Å². The van der Waals surface area contributed by atoms with Crippen LogP contribution in [-0.2, 0) is 32.0 Å². The van der Waals surface area contributed by atoms with Crippen molar-refractivity contribution < 1.29 is 24.3 Å². The minimum Gasteiger partial charge on any atom is -0.480 e. The zero-order valence-corrected chi connectivity index (χ0v) is 22.7. The van der Waals surface area contributed by atoms with E-state index in [1.165, 1.54) is 12.5 Å². The molecule has 3 rings (SSSR count). The average molecular weight is 558 g/mol. The van der Waals surface area contributed by atoms with Crippen LogP contribution in [0.4, 0.5) is 0 Å². The molecule has 5 atom stereocenters. The lowest BCUT2D eigenvalue weighted by Crippen LogP contribution is -2.59. The van der Waals surface area contributed by atoms with Gasteiger partial charge in [-0.25, -0.2) is 9.78 Å². The maximum Gasteiger partial charge on any atom is 0.326 e. The van der Waals surface area contributed by atoms with Crippen molar-refractivity contribution in [2.75, 3.05) is 5.75 Å². The number of hydrogen-bond acceptors (Lipinski definition) is 7. The number of benzene rings is 1. The van der Waals surface area contributed by atoms with Crippen molar-refractivity contribution in [3.63, 3.8) is 0 Å². The van der Waals surface area contributed by atoms with Gasteiger partial charge in [0.25, 0.3) is 0 Å². The third-order valence-electron chi connectivity index (χ3n) is 6.65. The molecule has 0 bridgehead atoms. The molecule has 2 aromatic heterocycles. The van der Waals surface area contributed by atoms with Gasteiger partial charge in [-0.3, -0.25) is 14.4 Å². The summed E-state index contributed by atoms with van der Waals surface area (Å²) in [5.41, 5.74) is 7.95. The molecule has 0 aliphatic heterocycles. The number of aromatic nitrogens is 3. The van der Waals surface area contributed by atoms with E-state index in [0.29, 0.717) is 12.1 Å². The van der Waals surface area contributed by atoms with Crippen LogP contribution in [0.25, 0.3) is 10.9 Å². The summed E-state index contributed by atoms with van der Waals surface area (Å²) in [7, 11) is 0. The average Bonchev–Trinajstić information content (AvgIpc) is 3.59. The van der Waals surface area contributed by atoms with Crippen LogP contribution in [0.2, 0.25) is 0 Å². The van der Waals surface area contributed by atoms with Gasteiger partial charge in [0.2, 0.25) is 17.7 Å². The van der Waals surface area contributed by atoms with Gasteiger partial charge < -0.3 is 36.8 Å². The fraction of sp³-hybridized carbons (Fsp3) is 0.423. The number of H-pyrrole nitrogens is 2. The van der Waals surface area contributed by atoms with E-state index in [0.717, 1.165) is 16.5 Å². The summed E-state index contributed by atoms with van der Waals surface area (Å²) in [5, 5.41) is 18.7. The molecule has 13 heteroatoms. The molecule has 1 aromatic carbocycles. The number of hydrogen-bond donors (Lipinski definition) is 8. The smallest absolute Gasteiger partial charge is 0.326 e. The molecule has 2 heterocycles. The van der Waals surface area contributed by atoms with Crippen LogP contribution in [0.1, 0.15) is 31.5 Å². The van der Waals surface area contributed by atoms with E-state index in [-0.39, 0.29) is 24.5 Å². The zero-order valence-electron chi connectivity index (χ0n) is 21.8. The summed E-state index contributed by atoms with van der Waals surface area (Å²) in [5.74, 6) is -3.28. The minimum atomic E-state index is -1.23. The third kappa shape index (κ3) is 7.83. The number of para-hydroxylation sites is 1. The number of fused-ring (bicyclic) bond motifs is 1. The maximum atomic E-state index is 13.4. The number of carbonyl (C=O) groups excluding carboxylic acids is 3. The van der Waals surface area contributed by atoms with E-state index in [1.54, 1.807) is 13.1 Å². The lowest BCUT2D eigenvalue weighted by Gasteiger charge is -2.28. The summed E-state index contributed by atoms with van der Waals surface area (Å²) in [6.45, 7) is 3.63. The molecule has 3 amide bonds. The molecule has 0 saturated carbocycles. The number of rotatable bonds is 14. The van der Waals surface area contributed by atoms with Crippen molar-refractivity contribution >= 4 is 47.2 Å². The van der Waals surface area contributed by atoms with E-state index in [4.69, 9.17) is 5.73 Å². The van der Waals surface area contributed by atoms with E-state index in [2.05, 4.69) is 43.5 Å². The quantitative estimate of drug-likeness (QED) is 0.132. The first kappa shape index (κ1) is 29.7. The second-order valence-corrected chi connectivity index (χ2v) is 9.83. The zero-order chi connectivity index (χ0) is 28.5. The predicted molar refractivity (Wildman–Crippen MR) is 149 cm³/mol. The summed E-state index contributed by atoms with van der Waals surface area (Å²) in [4.78, 5) is 61.2. The summed E-state index contributed by atoms with van der Waals surface area (Å²) in [6.07, 6.45) is 5.34. The first-order valence-corrected chi connectivity index (χ1v) is 13.3. The van der Waals surface area contributed by atoms with Gasteiger partial charge in [0.1, 0.15) is 18.1 Å². The monoisotopic (exact) mass is 557 g/mol. The van der Waals surface area contributed by atoms with Gasteiger partial charge in [-0.05, 0) is 17.5 Å². The number of nitrogens with one attached hydrogen (secondary N) is 5. The second kappa shape index (κ2) is 13.8. The maximum absolute atomic E-state index is 13.4. The molecule has 3 aromatic rings. The Labute approximate surface area is 231 Å². The van der Waals surface area contributed by atoms with Crippen LogP contribution < -0.4 is 21.7 Å². The Hall–Kier alpha value is -3.84. The van der Waals surface area contributed by atoms with Crippen LogP contribution in [0.15, 0.2) is 43.0 Å². The second-order valence-electron chi connectivity index (χ2n) is 9.47. The largest absolute Gasteiger partial charge is 0.480 e. The van der Waals surface area contributed by atoms with Gasteiger partial charge >= 0.3 is 5.97 Å². The first-order chi connectivity index (χ1) is 18.6. The molecule has 8 N–H and O–H groups in total. The van der Waals surface area contributed by atoms with Gasteiger partial charge in [0.05, 0.1) is 12.4 Å². The molecule has 39 heavy (non-hydrogen) atoms. The van der Waals surface area contributed by atoms with Gasteiger partial charge in [0, 0.05) is 47.6 Å². The highest BCUT2D eigenvalue weighted by Gasteiger charge is 2.33. The number of aromatic amines is 2. The fourth-order valence-corrected chi connectivity index (χ4v) is 4.29. The molecule has 12 nitrogen and oxygen atoms in total. The number of imidazole rings is 1. The molecular weight excluding hydrogens is 522 g/mol. The number of carboxylic acid groups (broad SMARTS) is 1. The molecular formula is C26H35N7O5S. The van der Waals surface area contributed by atoms with Crippen molar-refractivity contribution in [1.29, 1.82) is 0 Å². The number of thiol groups is 1. The lowest BCUT2D eigenvalue weighted by molar-refractivity contribution is -0.142. The van der Waals surface area contributed by atoms with Crippen molar-refractivity contribution in [2.24, 2.45) is 11.7 Å². The van der Waals surface area contributed by atoms with Crippen LogP contribution >= 0.6 is 12.6 Å². The highest BCUT2D eigenvalue weighted by Crippen LogP contribution is 2.19. The van der Waals surface area contributed by atoms with Crippen LogP contribution in [-0.4, -0.2) is 73.7 Å². The van der Waals surface area contributed by atoms with E-state index >= 15 is 0 Å². The Morgan fingerprint density at radius 3 is 2.38 bits per heavy atom. The first-order valence-electron chi connectivity index (χ1n) is 12.7. The highest BCUT2D eigenvalue weighted by atomic mass is 32.1. The minimum absolute atomic E-state index is 0.0480. The normalized spacial score (nSPS) is 15.1. The number of amides is 3. The Bertz CT molecular complexity index is 1280. The number of carboxylic acids is 1. The molecule has 0 radical (unpaired) electrons. The SMILES string of the molecule is CCC(C)C(NC(=O)C(Cc1cnc[nH]1)NC(=O)C(N)CS)C(=O)NC(Cc1c[nH]c2ccccc12)C(=O)O. The molecule has 0 saturated heterocycles. The van der Waals surface area contributed by atoms with Crippen LogP contribution in [0.5, 0.6) is 0 Å². The Morgan fingerprint density at radius 2 is 1.74 bits per heavy atom. The van der Waals surface area contributed by atoms with E-state index in [9.17, 15) is 24.3 Å². The van der Waals surface area contributed by atoms with E-state index < -0.39 is 47.9 Å². The molecule has 0 aliphatic carbocycles. The number of carbonyl (C=O) groups is 4. The van der Waals surface area contributed by atoms with Crippen LogP contribution in [0.3, 0.4) is 0 Å². The van der Waals surface area contributed by atoms with Crippen molar-refractivity contribution in [1.82, 2.24) is 30.9 Å². The molecule has 0 spiro atoms. The van der Waals surface area contributed by atoms with Crippen LogP contribution in [0, 0.1) is 5.92 Å². The van der Waals surface area contributed by atoms with E-state index in [1.807, 2.05) is 31.2 Å². The molecule has 0 fully saturated rings. The Balaban J connectivity index is 1.77. The molecule has 0 aliphatic rings. The summed E-state index contributed by atoms with van der Waals surface area (Å²) >= 11 is 4.03. The number of nitrogens with zero attached hydrogens (tertiary/aromatic N) is 1. The number of nitrogens with two attached hydrogens (primary N) is 1. The highest BCUT2D eigenvalue weighted by molar-refractivity contribution is 7.80. The molecule has 210 valence electrons. The summed E-state index contributed by atoms with van der Waals surface area (Å²) < 4.78 is 0. The molecule has 5 unspecified atom stereocenters. The fourth-order valence-electron chi connectivity index (χ4n) is 4.12. The number of aliphatic carboxylic acids is 1. The third-order valence-corrected chi connectivity index (χ3v) is 7.05. The van der Waals surface area contributed by atoms with Crippen molar-refractivity contribution in [2.45, 2.75) is 57.3 Å². The standard InChI is InChI=1S/C26H35N7O5S/c1-3-14(2)22(33-24(35)20(9-16-11-28-13-30-16)31-23(34)18(27)12-39)25(36)32-21(26(37)38)8-15-10-29-19-7-5-4-6-17(15)19/h4-7,10-11,13-14,18,20-22,29,39H,3,8-9,12,27H2,1-2H3,(H,28,30)(H,31,34)(H,32,36)(H,33,35)(H,37,38). The summed E-state index contributed by atoms with van der Waals surface area (Å²) in [6, 6.07) is 3.20.